The zero-order valence-electron chi connectivity index (χ0n) is 10.5. The molecule has 1 amide bonds. The van der Waals surface area contributed by atoms with E-state index in [1.54, 1.807) is 20.9 Å². The normalized spacial score (nSPS) is 14.7. The molecule has 0 fully saturated rings. The van der Waals surface area contributed by atoms with Crippen molar-refractivity contribution in [2.45, 2.75) is 13.1 Å². The number of hydrogen-bond donors (Lipinski definition) is 2. The van der Waals surface area contributed by atoms with Gasteiger partial charge in [-0.3, -0.25) is 9.48 Å². The van der Waals surface area contributed by atoms with Crippen LogP contribution in [0.1, 0.15) is 16.2 Å². The molecule has 3 aromatic heterocycles. The summed E-state index contributed by atoms with van der Waals surface area (Å²) in [6, 6.07) is 3.85. The molecule has 0 aromatic carbocycles. The molecule has 0 radical (unpaired) electrons. The lowest BCUT2D eigenvalue weighted by Crippen LogP contribution is -2.38. The van der Waals surface area contributed by atoms with Gasteiger partial charge in [-0.1, -0.05) is 0 Å². The summed E-state index contributed by atoms with van der Waals surface area (Å²) in [5.74, 6) is 0.107. The topological polar surface area (TPSA) is 74.2 Å². The fourth-order valence-corrected chi connectivity index (χ4v) is 3.32. The Morgan fingerprint density at radius 1 is 1.45 bits per heavy atom. The number of H-pyrrole nitrogens is 1. The van der Waals surface area contributed by atoms with Crippen molar-refractivity contribution in [3.63, 3.8) is 0 Å². The molecule has 2 N–H and O–H groups in total. The van der Waals surface area contributed by atoms with Crippen molar-refractivity contribution in [1.82, 2.24) is 19.7 Å². The Labute approximate surface area is 118 Å². The van der Waals surface area contributed by atoms with Crippen LogP contribution in [0.5, 0.6) is 5.75 Å². The zero-order chi connectivity index (χ0) is 13.7. The quantitative estimate of drug-likeness (QED) is 0.717. The minimum absolute atomic E-state index is 0.0414. The largest absolute Gasteiger partial charge is 0.504 e. The third-order valence-electron chi connectivity index (χ3n) is 3.61. The highest BCUT2D eigenvalue weighted by Crippen LogP contribution is 2.25. The van der Waals surface area contributed by atoms with Crippen molar-refractivity contribution in [3.8, 4) is 5.75 Å². The summed E-state index contributed by atoms with van der Waals surface area (Å²) in [5, 5.41) is 15.8. The van der Waals surface area contributed by atoms with Crippen molar-refractivity contribution in [3.05, 3.63) is 35.1 Å². The number of nitrogens with zero attached hydrogens (tertiary/aromatic N) is 3. The number of aromatic hydroxyl groups is 1. The van der Waals surface area contributed by atoms with E-state index in [1.807, 2.05) is 17.5 Å². The second-order valence-corrected chi connectivity index (χ2v) is 5.76. The van der Waals surface area contributed by atoms with E-state index in [-0.39, 0.29) is 11.7 Å². The maximum Gasteiger partial charge on any atom is 0.270 e. The first-order chi connectivity index (χ1) is 9.72. The van der Waals surface area contributed by atoms with Gasteiger partial charge in [-0.05, 0) is 17.5 Å². The highest BCUT2D eigenvalue weighted by atomic mass is 32.1. The van der Waals surface area contributed by atoms with Crippen molar-refractivity contribution in [2.24, 2.45) is 0 Å². The van der Waals surface area contributed by atoms with Crippen molar-refractivity contribution < 1.29 is 9.90 Å². The predicted octanol–water partition coefficient (Wildman–Crippen LogP) is 1.79. The highest BCUT2D eigenvalue weighted by molar-refractivity contribution is 7.17. The first kappa shape index (κ1) is 11.5. The number of thiophene rings is 1. The number of aromatic amines is 1. The smallest absolute Gasteiger partial charge is 0.270 e. The maximum atomic E-state index is 12.5. The molecule has 0 unspecified atom stereocenters. The second kappa shape index (κ2) is 4.11. The number of aromatic nitrogens is 3. The summed E-state index contributed by atoms with van der Waals surface area (Å²) in [7, 11) is 0. The molecule has 0 spiro atoms. The molecule has 0 aliphatic carbocycles. The van der Waals surface area contributed by atoms with Crippen LogP contribution in [-0.2, 0) is 13.1 Å². The fourth-order valence-electron chi connectivity index (χ4n) is 2.54. The first-order valence-electron chi connectivity index (χ1n) is 6.31. The van der Waals surface area contributed by atoms with Gasteiger partial charge in [0.2, 0.25) is 0 Å². The molecule has 6 nitrogen and oxygen atoms in total. The molecule has 0 saturated heterocycles. The van der Waals surface area contributed by atoms with E-state index in [1.165, 1.54) is 6.20 Å². The van der Waals surface area contributed by atoms with Gasteiger partial charge in [0.05, 0.1) is 35.2 Å². The molecular weight excluding hydrogens is 276 g/mol. The van der Waals surface area contributed by atoms with Gasteiger partial charge in [-0.2, -0.15) is 5.10 Å². The number of carbonyl (C=O) groups excluding carboxylic acids is 1. The van der Waals surface area contributed by atoms with E-state index in [0.29, 0.717) is 31.0 Å². The van der Waals surface area contributed by atoms with Gasteiger partial charge in [-0.15, -0.1) is 11.3 Å². The first-order valence-corrected chi connectivity index (χ1v) is 7.19. The van der Waals surface area contributed by atoms with Gasteiger partial charge >= 0.3 is 0 Å². The minimum atomic E-state index is -0.0414. The molecule has 0 bridgehead atoms. The zero-order valence-corrected chi connectivity index (χ0v) is 11.4. The summed E-state index contributed by atoms with van der Waals surface area (Å²) >= 11 is 1.61. The molecule has 3 aromatic rings. The number of carbonyl (C=O) groups is 1. The number of hydrogen-bond acceptors (Lipinski definition) is 4. The summed E-state index contributed by atoms with van der Waals surface area (Å²) in [6.07, 6.45) is 1.42. The Hall–Kier alpha value is -2.28. The van der Waals surface area contributed by atoms with E-state index in [4.69, 9.17) is 0 Å². The number of fused-ring (bicyclic) bond motifs is 2. The van der Waals surface area contributed by atoms with Crippen molar-refractivity contribution >= 4 is 27.5 Å². The predicted molar refractivity (Wildman–Crippen MR) is 74.8 cm³/mol. The number of rotatable bonds is 1. The third-order valence-corrected chi connectivity index (χ3v) is 4.47. The molecule has 7 heteroatoms. The van der Waals surface area contributed by atoms with Gasteiger partial charge in [0.15, 0.2) is 5.75 Å². The lowest BCUT2D eigenvalue weighted by molar-refractivity contribution is 0.0699. The van der Waals surface area contributed by atoms with Crippen molar-refractivity contribution in [2.75, 3.05) is 6.54 Å². The van der Waals surface area contributed by atoms with Crippen LogP contribution in [0.15, 0.2) is 23.7 Å². The van der Waals surface area contributed by atoms with Crippen LogP contribution in [0, 0.1) is 0 Å². The van der Waals surface area contributed by atoms with Crippen LogP contribution in [0.3, 0.4) is 0 Å². The van der Waals surface area contributed by atoms with Gasteiger partial charge in [0.25, 0.3) is 5.91 Å². The minimum Gasteiger partial charge on any atom is -0.504 e. The SMILES string of the molecule is O=C(c1cc2sccc2[nH]1)N1CCn2ncc(O)c2C1. The summed E-state index contributed by atoms with van der Waals surface area (Å²) in [6.45, 7) is 1.59. The Kier molecular flexibility index (Phi) is 2.37. The van der Waals surface area contributed by atoms with Gasteiger partial charge in [0.1, 0.15) is 5.69 Å². The Balaban J connectivity index is 1.63. The van der Waals surface area contributed by atoms with Crippen LogP contribution in [0.2, 0.25) is 0 Å². The summed E-state index contributed by atoms with van der Waals surface area (Å²) in [4.78, 5) is 17.4. The monoisotopic (exact) mass is 288 g/mol. The Morgan fingerprint density at radius 2 is 2.35 bits per heavy atom. The van der Waals surface area contributed by atoms with Gasteiger partial charge < -0.3 is 15.0 Å². The average molecular weight is 288 g/mol. The van der Waals surface area contributed by atoms with Crippen molar-refractivity contribution in [1.29, 1.82) is 0 Å². The molecule has 1 aliphatic heterocycles. The standard InChI is InChI=1S/C13H12N4O2S/c18-11-6-14-17-3-2-16(7-10(11)17)13(19)9-5-12-8(15-9)1-4-20-12/h1,4-6,15,18H,2-3,7H2. The van der Waals surface area contributed by atoms with E-state index in [2.05, 4.69) is 10.1 Å². The maximum absolute atomic E-state index is 12.5. The highest BCUT2D eigenvalue weighted by Gasteiger charge is 2.25. The third kappa shape index (κ3) is 1.63. The average Bonchev–Trinajstić information content (AvgIpc) is 3.12. The van der Waals surface area contributed by atoms with Crippen LogP contribution in [0.25, 0.3) is 10.2 Å². The van der Waals surface area contributed by atoms with E-state index >= 15 is 0 Å². The lowest BCUT2D eigenvalue weighted by atomic mass is 10.2. The molecule has 0 saturated carbocycles. The molecule has 20 heavy (non-hydrogen) atoms. The molecule has 0 atom stereocenters. The second-order valence-electron chi connectivity index (χ2n) is 4.81. The lowest BCUT2D eigenvalue weighted by Gasteiger charge is -2.27. The van der Waals surface area contributed by atoms with Crippen LogP contribution in [0.4, 0.5) is 0 Å². The van der Waals surface area contributed by atoms with Crippen LogP contribution in [-0.4, -0.2) is 37.2 Å². The molecule has 1 aliphatic rings. The molecule has 102 valence electrons. The van der Waals surface area contributed by atoms with E-state index in [0.717, 1.165) is 10.2 Å². The van der Waals surface area contributed by atoms with Crippen LogP contribution >= 0.6 is 11.3 Å². The molecule has 4 rings (SSSR count). The summed E-state index contributed by atoms with van der Waals surface area (Å²) in [5.41, 5.74) is 2.28. The fraction of sp³-hybridized carbons (Fsp3) is 0.231. The van der Waals surface area contributed by atoms with Gasteiger partial charge in [0, 0.05) is 6.54 Å². The molecular formula is C13H12N4O2S. The van der Waals surface area contributed by atoms with E-state index < -0.39 is 0 Å². The number of amides is 1. The van der Waals surface area contributed by atoms with Gasteiger partial charge in [-0.25, -0.2) is 0 Å². The Morgan fingerprint density at radius 3 is 3.20 bits per heavy atom. The molecule has 4 heterocycles. The summed E-state index contributed by atoms with van der Waals surface area (Å²) < 4.78 is 2.82. The van der Waals surface area contributed by atoms with E-state index in [9.17, 15) is 9.90 Å². The number of nitrogens with one attached hydrogen (secondary N) is 1. The Bertz CT molecular complexity index is 772. The van der Waals surface area contributed by atoms with Crippen LogP contribution < -0.4 is 0 Å².